The van der Waals surface area contributed by atoms with Crippen molar-refractivity contribution in [3.05, 3.63) is 65.5 Å². The lowest BCUT2D eigenvalue weighted by molar-refractivity contribution is -0.143. The van der Waals surface area contributed by atoms with Gasteiger partial charge in [0.2, 0.25) is 11.8 Å². The summed E-state index contributed by atoms with van der Waals surface area (Å²) in [5, 5.41) is 2.92. The third kappa shape index (κ3) is 5.24. The summed E-state index contributed by atoms with van der Waals surface area (Å²) in [6.07, 6.45) is 3.66. The van der Waals surface area contributed by atoms with Gasteiger partial charge in [-0.1, -0.05) is 44.2 Å². The maximum atomic E-state index is 13.5. The number of aryl methyl sites for hydroxylation is 1. The highest BCUT2D eigenvalue weighted by molar-refractivity contribution is 5.96. The molecule has 1 spiro atoms. The van der Waals surface area contributed by atoms with Gasteiger partial charge < -0.3 is 15.1 Å². The second kappa shape index (κ2) is 10.2. The Kier molecular flexibility index (Phi) is 7.24. The smallest absolute Gasteiger partial charge is 0.270 e. The monoisotopic (exact) mass is 476 g/mol. The highest BCUT2D eigenvalue weighted by Gasteiger charge is 2.48. The zero-order chi connectivity index (χ0) is 25.2. The maximum Gasteiger partial charge on any atom is 0.270 e. The quantitative estimate of drug-likeness (QED) is 0.717. The van der Waals surface area contributed by atoms with Crippen LogP contribution in [0.4, 0.5) is 0 Å². The largest absolute Gasteiger partial charge is 0.345 e. The van der Waals surface area contributed by atoms with Crippen molar-refractivity contribution in [3.63, 3.8) is 0 Å². The Morgan fingerprint density at radius 3 is 2.43 bits per heavy atom. The van der Waals surface area contributed by atoms with Crippen LogP contribution >= 0.6 is 0 Å². The Morgan fingerprint density at radius 2 is 1.80 bits per heavy atom. The number of likely N-dealkylation sites (N-methyl/N-ethyl adjacent to an activating group) is 1. The minimum atomic E-state index is -0.622. The van der Waals surface area contributed by atoms with Gasteiger partial charge in [0.1, 0.15) is 11.7 Å². The standard InChI is InChI=1S/C28H36N4O3/c1-19(2)25(30-26(34)23-16-20(3)10-13-29-23)27(35)32-14-11-28(12-15-32)17-24(33)31(4)18-22(28)21-8-6-5-7-9-21/h5-10,13,16,19,22,25H,11-12,14-15,17-18H2,1-4H3,(H,30,34)/t22?,25-/m1/s1. The van der Waals surface area contributed by atoms with E-state index in [-0.39, 0.29) is 35.0 Å². The molecule has 7 nitrogen and oxygen atoms in total. The van der Waals surface area contributed by atoms with E-state index in [0.717, 1.165) is 18.4 Å². The summed E-state index contributed by atoms with van der Waals surface area (Å²) in [4.78, 5) is 46.9. The van der Waals surface area contributed by atoms with Crippen LogP contribution in [-0.2, 0) is 9.59 Å². The fraction of sp³-hybridized carbons (Fsp3) is 0.500. The number of nitrogens with one attached hydrogen (secondary N) is 1. The van der Waals surface area contributed by atoms with Crippen molar-refractivity contribution >= 4 is 17.7 Å². The molecule has 1 unspecified atom stereocenters. The van der Waals surface area contributed by atoms with E-state index < -0.39 is 6.04 Å². The highest BCUT2D eigenvalue weighted by Crippen LogP contribution is 2.50. The molecule has 4 rings (SSSR count). The van der Waals surface area contributed by atoms with E-state index in [1.54, 1.807) is 12.3 Å². The number of aromatic nitrogens is 1. The molecule has 0 aliphatic carbocycles. The van der Waals surface area contributed by atoms with E-state index in [0.29, 0.717) is 31.7 Å². The first-order valence-corrected chi connectivity index (χ1v) is 12.5. The molecule has 7 heteroatoms. The zero-order valence-corrected chi connectivity index (χ0v) is 21.2. The van der Waals surface area contributed by atoms with Crippen LogP contribution in [-0.4, -0.2) is 65.2 Å². The topological polar surface area (TPSA) is 82.6 Å². The lowest BCUT2D eigenvalue weighted by atomic mass is 9.62. The van der Waals surface area contributed by atoms with Gasteiger partial charge in [0.25, 0.3) is 5.91 Å². The minimum Gasteiger partial charge on any atom is -0.345 e. The van der Waals surface area contributed by atoms with E-state index in [9.17, 15) is 14.4 Å². The molecule has 0 bridgehead atoms. The number of carbonyl (C=O) groups is 3. The third-order valence-electron chi connectivity index (χ3n) is 7.76. The molecule has 3 heterocycles. The Labute approximate surface area is 207 Å². The van der Waals surface area contributed by atoms with Gasteiger partial charge in [-0.2, -0.15) is 0 Å². The normalized spacial score (nSPS) is 20.7. The van der Waals surface area contributed by atoms with Crippen LogP contribution in [0, 0.1) is 18.3 Å². The maximum absolute atomic E-state index is 13.5. The summed E-state index contributed by atoms with van der Waals surface area (Å²) >= 11 is 0. The first-order chi connectivity index (χ1) is 16.7. The number of nitrogens with zero attached hydrogens (tertiary/aromatic N) is 3. The summed E-state index contributed by atoms with van der Waals surface area (Å²) in [5.74, 6) is -0.0358. The van der Waals surface area contributed by atoms with Crippen LogP contribution in [0.15, 0.2) is 48.7 Å². The predicted molar refractivity (Wildman–Crippen MR) is 135 cm³/mol. The van der Waals surface area contributed by atoms with Crippen molar-refractivity contribution < 1.29 is 14.4 Å². The summed E-state index contributed by atoms with van der Waals surface area (Å²) in [6.45, 7) is 7.66. The van der Waals surface area contributed by atoms with Gasteiger partial charge in [0.15, 0.2) is 0 Å². The molecular weight excluding hydrogens is 440 g/mol. The number of pyridine rings is 1. The first kappa shape index (κ1) is 24.9. The second-order valence-electron chi connectivity index (χ2n) is 10.5. The van der Waals surface area contributed by atoms with Crippen LogP contribution < -0.4 is 5.32 Å². The molecule has 2 aliphatic rings. The molecule has 2 fully saturated rings. The number of piperidine rings is 2. The average molecular weight is 477 g/mol. The SMILES string of the molecule is Cc1ccnc(C(=O)N[C@@H](C(=O)N2CCC3(CC2)CC(=O)N(C)CC3c2ccccc2)C(C)C)c1. The fourth-order valence-corrected chi connectivity index (χ4v) is 5.56. The molecule has 1 aromatic carbocycles. The van der Waals surface area contributed by atoms with Gasteiger partial charge in [-0.25, -0.2) is 0 Å². The van der Waals surface area contributed by atoms with Crippen molar-refractivity contribution in [2.75, 3.05) is 26.7 Å². The molecule has 1 aromatic heterocycles. The van der Waals surface area contributed by atoms with Crippen molar-refractivity contribution in [1.82, 2.24) is 20.1 Å². The molecule has 2 saturated heterocycles. The molecule has 3 amide bonds. The number of benzene rings is 1. The van der Waals surface area contributed by atoms with Crippen molar-refractivity contribution in [1.29, 1.82) is 0 Å². The van der Waals surface area contributed by atoms with Crippen LogP contribution in [0.3, 0.4) is 0 Å². The minimum absolute atomic E-state index is 0.0610. The lowest BCUT2D eigenvalue weighted by Gasteiger charge is -2.51. The van der Waals surface area contributed by atoms with Gasteiger partial charge in [-0.05, 0) is 54.4 Å². The molecule has 0 saturated carbocycles. The Morgan fingerprint density at radius 1 is 1.11 bits per heavy atom. The van der Waals surface area contributed by atoms with Crippen molar-refractivity contribution in [3.8, 4) is 0 Å². The van der Waals surface area contributed by atoms with Crippen LogP contribution in [0.1, 0.15) is 60.6 Å². The molecule has 186 valence electrons. The number of hydrogen-bond donors (Lipinski definition) is 1. The van der Waals surface area contributed by atoms with E-state index in [4.69, 9.17) is 0 Å². The van der Waals surface area contributed by atoms with Crippen molar-refractivity contribution in [2.45, 2.75) is 52.0 Å². The van der Waals surface area contributed by atoms with Gasteiger partial charge in [0.05, 0.1) is 0 Å². The van der Waals surface area contributed by atoms with Crippen LogP contribution in [0.5, 0.6) is 0 Å². The third-order valence-corrected chi connectivity index (χ3v) is 7.76. The molecular formula is C28H36N4O3. The molecule has 35 heavy (non-hydrogen) atoms. The molecule has 2 aromatic rings. The average Bonchev–Trinajstić information content (AvgIpc) is 2.85. The van der Waals surface area contributed by atoms with Gasteiger partial charge in [-0.3, -0.25) is 19.4 Å². The second-order valence-corrected chi connectivity index (χ2v) is 10.5. The zero-order valence-electron chi connectivity index (χ0n) is 21.2. The Hall–Kier alpha value is -3.22. The summed E-state index contributed by atoms with van der Waals surface area (Å²) in [6, 6.07) is 13.4. The Bertz CT molecular complexity index is 1080. The van der Waals surface area contributed by atoms with Gasteiger partial charge in [-0.15, -0.1) is 0 Å². The summed E-state index contributed by atoms with van der Waals surface area (Å²) in [5.41, 5.74) is 2.37. The van der Waals surface area contributed by atoms with E-state index in [2.05, 4.69) is 34.6 Å². The van der Waals surface area contributed by atoms with Crippen LogP contribution in [0.25, 0.3) is 0 Å². The number of amides is 3. The molecule has 1 N–H and O–H groups in total. The van der Waals surface area contributed by atoms with Crippen LogP contribution in [0.2, 0.25) is 0 Å². The van der Waals surface area contributed by atoms with Gasteiger partial charge in [0, 0.05) is 45.2 Å². The highest BCUT2D eigenvalue weighted by atomic mass is 16.2. The molecule has 0 radical (unpaired) electrons. The van der Waals surface area contributed by atoms with E-state index in [1.165, 1.54) is 5.56 Å². The van der Waals surface area contributed by atoms with E-state index >= 15 is 0 Å². The summed E-state index contributed by atoms with van der Waals surface area (Å²) in [7, 11) is 1.88. The molecule has 2 atom stereocenters. The van der Waals surface area contributed by atoms with E-state index in [1.807, 2.05) is 49.8 Å². The molecule has 2 aliphatic heterocycles. The van der Waals surface area contributed by atoms with Crippen molar-refractivity contribution in [2.24, 2.45) is 11.3 Å². The number of rotatable bonds is 5. The summed E-state index contributed by atoms with van der Waals surface area (Å²) < 4.78 is 0. The lowest BCUT2D eigenvalue weighted by Crippen LogP contribution is -2.57. The number of carbonyl (C=O) groups excluding carboxylic acids is 3. The number of likely N-dealkylation sites (tertiary alicyclic amines) is 2. The predicted octanol–water partition coefficient (Wildman–Crippen LogP) is 3.40. The fourth-order valence-electron chi connectivity index (χ4n) is 5.56. The van der Waals surface area contributed by atoms with Gasteiger partial charge >= 0.3 is 0 Å². The Balaban J connectivity index is 1.48. The first-order valence-electron chi connectivity index (χ1n) is 12.5. The number of hydrogen-bond acceptors (Lipinski definition) is 4.